The van der Waals surface area contributed by atoms with E-state index in [4.69, 9.17) is 4.74 Å². The Kier molecular flexibility index (Phi) is 7.74. The molecular weight excluding hydrogens is 494 g/mol. The zero-order valence-electron chi connectivity index (χ0n) is 21.1. The lowest BCUT2D eigenvalue weighted by Crippen LogP contribution is -2.48. The number of carbonyl (C=O) groups is 2. The van der Waals surface area contributed by atoms with Gasteiger partial charge in [-0.15, -0.1) is 0 Å². The molecule has 1 aliphatic heterocycles. The van der Waals surface area contributed by atoms with E-state index in [1.165, 1.54) is 32.5 Å². The van der Waals surface area contributed by atoms with Crippen molar-refractivity contribution in [1.29, 1.82) is 0 Å². The molecule has 0 aliphatic carbocycles. The zero-order valence-corrected chi connectivity index (χ0v) is 21.1. The number of hydrogen-bond acceptors (Lipinski definition) is 8. The zero-order chi connectivity index (χ0) is 27.4. The van der Waals surface area contributed by atoms with Crippen LogP contribution in [0.4, 0.5) is 10.5 Å². The number of nitro benzene ring substituents is 1. The molecule has 198 valence electrons. The number of aliphatic imine (C=N–C) groups is 1. The van der Waals surface area contributed by atoms with E-state index in [1.807, 2.05) is 6.07 Å². The van der Waals surface area contributed by atoms with Crippen molar-refractivity contribution >= 4 is 23.4 Å². The molecule has 0 radical (unpaired) electrons. The van der Waals surface area contributed by atoms with Gasteiger partial charge in [-0.05, 0) is 55.3 Å². The molecule has 0 fully saturated rings. The lowest BCUT2D eigenvalue weighted by molar-refractivity contribution is -0.385. The van der Waals surface area contributed by atoms with Gasteiger partial charge in [0, 0.05) is 30.9 Å². The summed E-state index contributed by atoms with van der Waals surface area (Å²) in [5.74, 6) is -1.55. The number of aryl methyl sites for hydroxylation is 1. The average Bonchev–Trinajstić information content (AvgIpc) is 3.25. The van der Waals surface area contributed by atoms with E-state index in [2.05, 4.69) is 15.4 Å². The summed E-state index contributed by atoms with van der Waals surface area (Å²) in [6.07, 6.45) is -0.128. The largest absolute Gasteiger partial charge is 0.462 e. The summed E-state index contributed by atoms with van der Waals surface area (Å²) in [6, 6.07) is 13.2. The first-order valence-electron chi connectivity index (χ1n) is 12.1. The number of ether oxygens (including phenoxy) is 1. The van der Waals surface area contributed by atoms with E-state index >= 15 is 0 Å². The molecule has 0 saturated heterocycles. The lowest BCUT2D eigenvalue weighted by atomic mass is 9.86. The van der Waals surface area contributed by atoms with Gasteiger partial charge in [0.2, 0.25) is 0 Å². The van der Waals surface area contributed by atoms with Crippen molar-refractivity contribution in [3.8, 4) is 5.69 Å². The predicted molar refractivity (Wildman–Crippen MR) is 136 cm³/mol. The number of nitro groups is 1. The number of aromatic nitrogens is 4. The second kappa shape index (κ2) is 11.2. The van der Waals surface area contributed by atoms with Crippen LogP contribution in [0, 0.1) is 16.0 Å². The molecule has 1 aromatic heterocycles. The summed E-state index contributed by atoms with van der Waals surface area (Å²) >= 11 is 0. The van der Waals surface area contributed by atoms with Crippen molar-refractivity contribution in [1.82, 2.24) is 24.7 Å². The minimum Gasteiger partial charge on any atom is -0.462 e. The molecule has 2 amide bonds. The Morgan fingerprint density at radius 3 is 2.50 bits per heavy atom. The quantitative estimate of drug-likeness (QED) is 0.236. The Morgan fingerprint density at radius 1 is 1.08 bits per heavy atom. The number of esters is 1. The van der Waals surface area contributed by atoms with Crippen molar-refractivity contribution in [2.24, 2.45) is 10.9 Å². The predicted octanol–water partition coefficient (Wildman–Crippen LogP) is 2.93. The van der Waals surface area contributed by atoms with Crippen LogP contribution in [0.3, 0.4) is 0 Å². The molecule has 13 heteroatoms. The van der Waals surface area contributed by atoms with Crippen LogP contribution in [0.15, 0.2) is 64.4 Å². The summed E-state index contributed by atoms with van der Waals surface area (Å²) in [7, 11) is 0. The first kappa shape index (κ1) is 26.4. The number of tetrazole rings is 1. The number of urea groups is 1. The third kappa shape index (κ3) is 5.51. The SMILES string of the molecule is CC1=NC(=O)N(CCCn2nnn(-c3ccccc3)c2=O)C(c2cccc([N+](=O)[O-])c2)C1C(=O)OC(C)C. The van der Waals surface area contributed by atoms with Crippen LogP contribution in [-0.4, -0.2) is 60.0 Å². The number of carbonyl (C=O) groups excluding carboxylic acids is 2. The van der Waals surface area contributed by atoms with Gasteiger partial charge in [-0.2, -0.15) is 9.36 Å². The number of nitrogens with zero attached hydrogens (tertiary/aromatic N) is 7. The topological polar surface area (TPSA) is 155 Å². The van der Waals surface area contributed by atoms with Crippen LogP contribution in [-0.2, 0) is 16.1 Å². The summed E-state index contributed by atoms with van der Waals surface area (Å²) in [4.78, 5) is 55.3. The molecule has 0 spiro atoms. The molecule has 38 heavy (non-hydrogen) atoms. The number of para-hydroxylation sites is 1. The van der Waals surface area contributed by atoms with E-state index in [1.54, 1.807) is 51.1 Å². The highest BCUT2D eigenvalue weighted by molar-refractivity contribution is 6.08. The van der Waals surface area contributed by atoms with Crippen LogP contribution in [0.2, 0.25) is 0 Å². The van der Waals surface area contributed by atoms with Crippen LogP contribution >= 0.6 is 0 Å². The highest BCUT2D eigenvalue weighted by atomic mass is 16.6. The molecule has 2 atom stereocenters. The average molecular weight is 522 g/mol. The van der Waals surface area contributed by atoms with Gasteiger partial charge >= 0.3 is 17.7 Å². The molecule has 2 aromatic carbocycles. The number of rotatable bonds is 9. The molecule has 13 nitrogen and oxygen atoms in total. The van der Waals surface area contributed by atoms with Crippen molar-refractivity contribution in [2.45, 2.75) is 45.9 Å². The summed E-state index contributed by atoms with van der Waals surface area (Å²) in [5.41, 5.74) is 0.617. The number of non-ortho nitro benzene ring substituents is 1. The fraction of sp³-hybridized carbons (Fsp3) is 0.360. The van der Waals surface area contributed by atoms with E-state index in [0.29, 0.717) is 11.3 Å². The molecule has 4 rings (SSSR count). The van der Waals surface area contributed by atoms with Gasteiger partial charge in [-0.3, -0.25) is 14.9 Å². The molecule has 1 aliphatic rings. The Balaban J connectivity index is 1.62. The molecular formula is C25H27N7O6. The second-order valence-corrected chi connectivity index (χ2v) is 9.07. The molecule has 0 saturated carbocycles. The van der Waals surface area contributed by atoms with Gasteiger partial charge in [0.25, 0.3) is 5.69 Å². The van der Waals surface area contributed by atoms with Crippen LogP contribution in [0.1, 0.15) is 38.8 Å². The number of benzene rings is 2. The normalized spacial score (nSPS) is 17.4. The minimum absolute atomic E-state index is 0.0963. The second-order valence-electron chi connectivity index (χ2n) is 9.07. The monoisotopic (exact) mass is 521 g/mol. The Bertz CT molecular complexity index is 1430. The van der Waals surface area contributed by atoms with Crippen molar-refractivity contribution in [2.75, 3.05) is 6.54 Å². The first-order chi connectivity index (χ1) is 18.2. The van der Waals surface area contributed by atoms with Crippen molar-refractivity contribution in [3.05, 3.63) is 80.8 Å². The number of amides is 2. The lowest BCUT2D eigenvalue weighted by Gasteiger charge is -2.38. The molecule has 0 N–H and O–H groups in total. The Morgan fingerprint density at radius 2 is 1.82 bits per heavy atom. The van der Waals surface area contributed by atoms with Gasteiger partial charge in [0.15, 0.2) is 0 Å². The van der Waals surface area contributed by atoms with Crippen LogP contribution < -0.4 is 5.69 Å². The Labute approximate surface area is 217 Å². The van der Waals surface area contributed by atoms with E-state index < -0.39 is 40.7 Å². The smallest absolute Gasteiger partial charge is 0.368 e. The highest BCUT2D eigenvalue weighted by Gasteiger charge is 2.43. The third-order valence-corrected chi connectivity index (χ3v) is 6.06. The molecule has 3 aromatic rings. The summed E-state index contributed by atoms with van der Waals surface area (Å²) in [6.45, 7) is 5.21. The van der Waals surface area contributed by atoms with Crippen LogP contribution in [0.25, 0.3) is 5.69 Å². The summed E-state index contributed by atoms with van der Waals surface area (Å²) in [5, 5.41) is 19.3. The standard InChI is InChI=1S/C25H27N7O6/c1-16(2)38-23(33)21-17(3)26-24(34)29(22(21)18-9-7-12-20(15-18)32(36)37)13-8-14-30-25(35)31(28-27-30)19-10-5-4-6-11-19/h4-7,9-12,15-16,21-22H,8,13-14H2,1-3H3. The first-order valence-corrected chi connectivity index (χ1v) is 12.1. The van der Waals surface area contributed by atoms with Gasteiger partial charge in [0.1, 0.15) is 5.92 Å². The fourth-order valence-electron chi connectivity index (χ4n) is 4.38. The number of hydrogen-bond donors (Lipinski definition) is 0. The third-order valence-electron chi connectivity index (χ3n) is 6.06. The van der Waals surface area contributed by atoms with Crippen molar-refractivity contribution < 1.29 is 19.2 Å². The van der Waals surface area contributed by atoms with Gasteiger partial charge in [-0.25, -0.2) is 14.6 Å². The molecule has 2 heterocycles. The maximum atomic E-state index is 13.1. The van der Waals surface area contributed by atoms with Gasteiger partial charge in [-0.1, -0.05) is 30.3 Å². The Hall–Kier alpha value is -4.68. The maximum absolute atomic E-state index is 13.1. The van der Waals surface area contributed by atoms with Crippen LogP contribution in [0.5, 0.6) is 0 Å². The molecule has 0 bridgehead atoms. The van der Waals surface area contributed by atoms with E-state index in [0.717, 1.165) is 0 Å². The highest BCUT2D eigenvalue weighted by Crippen LogP contribution is 2.36. The van der Waals surface area contributed by atoms with E-state index in [9.17, 15) is 24.5 Å². The van der Waals surface area contributed by atoms with Crippen molar-refractivity contribution in [3.63, 3.8) is 0 Å². The van der Waals surface area contributed by atoms with Gasteiger partial charge < -0.3 is 9.64 Å². The molecule has 2 unspecified atom stereocenters. The maximum Gasteiger partial charge on any atom is 0.368 e. The minimum atomic E-state index is -0.959. The van der Waals surface area contributed by atoms with E-state index in [-0.39, 0.29) is 30.9 Å². The fourth-order valence-corrected chi connectivity index (χ4v) is 4.38. The van der Waals surface area contributed by atoms with Gasteiger partial charge in [0.05, 0.1) is 22.8 Å². The summed E-state index contributed by atoms with van der Waals surface area (Å²) < 4.78 is 7.80.